The van der Waals surface area contributed by atoms with Crippen LogP contribution >= 0.6 is 27.7 Å². The first kappa shape index (κ1) is 18.6. The highest BCUT2D eigenvalue weighted by atomic mass is 79.9. The lowest BCUT2D eigenvalue weighted by molar-refractivity contribution is -0.118. The van der Waals surface area contributed by atoms with Crippen molar-refractivity contribution in [1.82, 2.24) is 14.8 Å². The van der Waals surface area contributed by atoms with E-state index < -0.39 is 0 Å². The molecule has 0 amide bonds. The Kier molecular flexibility index (Phi) is 4.58. The molecule has 1 atom stereocenters. The molecular weight excluding hydrogens is 428 g/mol. The van der Waals surface area contributed by atoms with Gasteiger partial charge >= 0.3 is 0 Å². The van der Waals surface area contributed by atoms with Crippen molar-refractivity contribution in [3.63, 3.8) is 0 Å². The minimum absolute atomic E-state index is 0.0840. The van der Waals surface area contributed by atoms with Crippen molar-refractivity contribution in [3.05, 3.63) is 39.5 Å². The van der Waals surface area contributed by atoms with E-state index in [9.17, 15) is 4.79 Å². The number of thioether (sulfide) groups is 1. The summed E-state index contributed by atoms with van der Waals surface area (Å²) in [5, 5.41) is 8.69. The summed E-state index contributed by atoms with van der Waals surface area (Å²) in [7, 11) is 1.64. The van der Waals surface area contributed by atoms with Gasteiger partial charge in [0, 0.05) is 27.7 Å². The number of anilines is 1. The highest BCUT2D eigenvalue weighted by molar-refractivity contribution is 9.10. The SMILES string of the molecule is COc1ccc(Br)cc1[C@@H]1C2=C(CC(C)(C)CC2=O)Nc2nc(SC)nn21. The van der Waals surface area contributed by atoms with E-state index in [-0.39, 0.29) is 17.2 Å². The average Bonchev–Trinajstić information content (AvgIpc) is 3.01. The Morgan fingerprint density at radius 1 is 1.37 bits per heavy atom. The number of fused-ring (bicyclic) bond motifs is 1. The highest BCUT2D eigenvalue weighted by Gasteiger charge is 2.42. The minimum atomic E-state index is -0.360. The van der Waals surface area contributed by atoms with Crippen LogP contribution in [0.15, 0.2) is 39.1 Å². The number of Topliss-reactive ketones (excluding diaryl/α,β-unsaturated/α-hetero) is 1. The van der Waals surface area contributed by atoms with Gasteiger partial charge in [0.1, 0.15) is 11.8 Å². The third kappa shape index (κ3) is 3.18. The van der Waals surface area contributed by atoms with E-state index in [1.165, 1.54) is 11.8 Å². The van der Waals surface area contributed by atoms with Crippen LogP contribution < -0.4 is 10.1 Å². The zero-order valence-corrected chi connectivity index (χ0v) is 18.1. The number of rotatable bonds is 3. The fraction of sp³-hybridized carbons (Fsp3) is 0.421. The smallest absolute Gasteiger partial charge is 0.227 e. The van der Waals surface area contributed by atoms with Crippen LogP contribution in [0.2, 0.25) is 0 Å². The zero-order chi connectivity index (χ0) is 19.3. The number of nitrogens with zero attached hydrogens (tertiary/aromatic N) is 3. The van der Waals surface area contributed by atoms with Crippen LogP contribution in [0.4, 0.5) is 5.95 Å². The van der Waals surface area contributed by atoms with E-state index in [2.05, 4.69) is 45.2 Å². The van der Waals surface area contributed by atoms with Crippen molar-refractivity contribution in [3.8, 4) is 5.75 Å². The molecule has 0 fully saturated rings. The van der Waals surface area contributed by atoms with Crippen molar-refractivity contribution in [2.24, 2.45) is 5.41 Å². The van der Waals surface area contributed by atoms with E-state index in [0.29, 0.717) is 17.5 Å². The molecule has 0 spiro atoms. The number of ether oxygens (including phenoxy) is 1. The van der Waals surface area contributed by atoms with Gasteiger partial charge in [-0.15, -0.1) is 5.10 Å². The number of hydrogen-bond acceptors (Lipinski definition) is 6. The van der Waals surface area contributed by atoms with Crippen molar-refractivity contribution in [2.45, 2.75) is 37.9 Å². The standard InChI is InChI=1S/C19H21BrN4O2S/c1-19(2)8-12-15(13(25)9-19)16(11-7-10(20)5-6-14(11)26-3)24-17(21-12)22-18(23-24)27-4/h5-7,16H,8-9H2,1-4H3,(H,21,22,23)/t16-/m1/s1. The van der Waals surface area contributed by atoms with Crippen molar-refractivity contribution < 1.29 is 9.53 Å². The molecule has 8 heteroatoms. The molecule has 1 aliphatic heterocycles. The predicted molar refractivity (Wildman–Crippen MR) is 109 cm³/mol. The summed E-state index contributed by atoms with van der Waals surface area (Å²) in [5.41, 5.74) is 2.51. The molecule has 0 radical (unpaired) electrons. The first-order valence-corrected chi connectivity index (χ1v) is 10.7. The van der Waals surface area contributed by atoms with E-state index in [1.807, 2.05) is 29.1 Å². The van der Waals surface area contributed by atoms with Gasteiger partial charge in [0.05, 0.1) is 7.11 Å². The third-order valence-electron chi connectivity index (χ3n) is 4.98. The Bertz CT molecular complexity index is 967. The third-order valence-corrected chi connectivity index (χ3v) is 6.01. The largest absolute Gasteiger partial charge is 0.496 e. The summed E-state index contributed by atoms with van der Waals surface area (Å²) >= 11 is 5.03. The van der Waals surface area contributed by atoms with Gasteiger partial charge in [-0.05, 0) is 36.3 Å². The molecule has 6 nitrogen and oxygen atoms in total. The number of halogens is 1. The number of nitrogens with one attached hydrogen (secondary N) is 1. The van der Waals surface area contributed by atoms with Gasteiger partial charge in [0.2, 0.25) is 11.1 Å². The van der Waals surface area contributed by atoms with Gasteiger partial charge in [-0.25, -0.2) is 4.68 Å². The van der Waals surface area contributed by atoms with Gasteiger partial charge < -0.3 is 10.1 Å². The van der Waals surface area contributed by atoms with Gasteiger partial charge in [-0.2, -0.15) is 4.98 Å². The second-order valence-electron chi connectivity index (χ2n) is 7.61. The molecule has 0 saturated carbocycles. The van der Waals surface area contributed by atoms with Gasteiger partial charge in [0.25, 0.3) is 0 Å². The number of hydrogen-bond donors (Lipinski definition) is 1. The van der Waals surface area contributed by atoms with Gasteiger partial charge in [-0.3, -0.25) is 4.79 Å². The average molecular weight is 449 g/mol. The number of carbonyl (C=O) groups is 1. The molecule has 1 aromatic heterocycles. The maximum absolute atomic E-state index is 13.2. The molecule has 142 valence electrons. The first-order chi connectivity index (χ1) is 12.8. The number of aromatic nitrogens is 3. The summed E-state index contributed by atoms with van der Waals surface area (Å²) in [6.07, 6.45) is 3.25. The summed E-state index contributed by atoms with van der Waals surface area (Å²) in [6.45, 7) is 4.25. The van der Waals surface area contributed by atoms with E-state index >= 15 is 0 Å². The Morgan fingerprint density at radius 2 is 2.15 bits per heavy atom. The second-order valence-corrected chi connectivity index (χ2v) is 9.30. The van der Waals surface area contributed by atoms with E-state index in [1.54, 1.807) is 7.11 Å². The van der Waals surface area contributed by atoms with Crippen LogP contribution in [-0.2, 0) is 4.79 Å². The fourth-order valence-corrected chi connectivity index (χ4v) is 4.61. The van der Waals surface area contributed by atoms with Crippen LogP contribution in [0.3, 0.4) is 0 Å². The second kappa shape index (κ2) is 6.67. The first-order valence-electron chi connectivity index (χ1n) is 8.70. The van der Waals surface area contributed by atoms with Crippen molar-refractivity contribution >= 4 is 39.4 Å². The Morgan fingerprint density at radius 3 is 2.85 bits per heavy atom. The zero-order valence-electron chi connectivity index (χ0n) is 15.7. The van der Waals surface area contributed by atoms with Gasteiger partial charge in [-0.1, -0.05) is 41.5 Å². The molecule has 0 unspecified atom stereocenters. The Labute approximate surface area is 170 Å². The van der Waals surface area contributed by atoms with E-state index in [4.69, 9.17) is 4.74 Å². The molecule has 1 aliphatic carbocycles. The van der Waals surface area contributed by atoms with Crippen molar-refractivity contribution in [1.29, 1.82) is 0 Å². The molecule has 0 bridgehead atoms. The Hall–Kier alpha value is -1.80. The molecule has 0 saturated heterocycles. The van der Waals surface area contributed by atoms with Gasteiger partial charge in [0.15, 0.2) is 5.78 Å². The quantitative estimate of drug-likeness (QED) is 0.700. The molecule has 2 heterocycles. The normalized spacial score (nSPS) is 20.8. The van der Waals surface area contributed by atoms with Crippen LogP contribution in [0.1, 0.15) is 38.3 Å². The summed E-state index contributed by atoms with van der Waals surface area (Å²) in [6, 6.07) is 5.47. The Balaban J connectivity index is 1.96. The van der Waals surface area contributed by atoms with Crippen LogP contribution in [0.25, 0.3) is 0 Å². The molecule has 2 aromatic rings. The molecule has 1 N–H and O–H groups in total. The number of ketones is 1. The van der Waals surface area contributed by atoms with E-state index in [0.717, 1.165) is 33.5 Å². The summed E-state index contributed by atoms with van der Waals surface area (Å²) < 4.78 is 8.35. The monoisotopic (exact) mass is 448 g/mol. The highest BCUT2D eigenvalue weighted by Crippen LogP contribution is 2.47. The lowest BCUT2D eigenvalue weighted by atomic mass is 9.73. The van der Waals surface area contributed by atoms with Crippen molar-refractivity contribution in [2.75, 3.05) is 18.7 Å². The molecular formula is C19H21BrN4O2S. The molecule has 4 rings (SSSR count). The minimum Gasteiger partial charge on any atom is -0.496 e. The maximum atomic E-state index is 13.2. The molecule has 27 heavy (non-hydrogen) atoms. The lowest BCUT2D eigenvalue weighted by Gasteiger charge is -2.38. The lowest BCUT2D eigenvalue weighted by Crippen LogP contribution is -2.36. The molecule has 2 aliphatic rings. The number of carbonyl (C=O) groups excluding carboxylic acids is 1. The topological polar surface area (TPSA) is 69.0 Å². The summed E-state index contributed by atoms with van der Waals surface area (Å²) in [5.74, 6) is 1.53. The maximum Gasteiger partial charge on any atom is 0.227 e. The number of allylic oxidation sites excluding steroid dienone is 2. The van der Waals surface area contributed by atoms with Crippen LogP contribution in [0, 0.1) is 5.41 Å². The number of methoxy groups -OCH3 is 1. The molecule has 1 aromatic carbocycles. The van der Waals surface area contributed by atoms with Crippen LogP contribution in [0.5, 0.6) is 5.75 Å². The fourth-order valence-electron chi connectivity index (χ4n) is 3.88. The number of benzene rings is 1. The predicted octanol–water partition coefficient (Wildman–Crippen LogP) is 4.43. The summed E-state index contributed by atoms with van der Waals surface area (Å²) in [4.78, 5) is 17.8. The van der Waals surface area contributed by atoms with Crippen LogP contribution in [-0.4, -0.2) is 33.9 Å².